The van der Waals surface area contributed by atoms with Gasteiger partial charge in [0.15, 0.2) is 9.84 Å². The summed E-state index contributed by atoms with van der Waals surface area (Å²) < 4.78 is 22.6. The van der Waals surface area contributed by atoms with E-state index in [9.17, 15) is 13.2 Å². The molecule has 2 amide bonds. The van der Waals surface area contributed by atoms with Gasteiger partial charge in [0.1, 0.15) is 0 Å². The molecule has 1 aliphatic rings. The molecule has 0 radical (unpaired) electrons. The number of nitrogens with one attached hydrogen (secondary N) is 2. The molecule has 0 saturated carbocycles. The molecule has 1 atom stereocenters. The minimum Gasteiger partial charge on any atom is -0.338 e. The Hall–Kier alpha value is -1.56. The number of carbonyl (C=O) groups is 1. The van der Waals surface area contributed by atoms with Crippen LogP contribution in [0.4, 0.5) is 10.5 Å². The molecule has 1 heterocycles. The first-order chi connectivity index (χ1) is 9.35. The van der Waals surface area contributed by atoms with Crippen LogP contribution in [-0.2, 0) is 9.84 Å². The summed E-state index contributed by atoms with van der Waals surface area (Å²) >= 11 is 0. The van der Waals surface area contributed by atoms with Crippen molar-refractivity contribution in [1.29, 1.82) is 0 Å². The second kappa shape index (κ2) is 5.83. The fraction of sp³-hybridized carbons (Fsp3) is 0.500. The lowest BCUT2D eigenvalue weighted by Crippen LogP contribution is -2.33. The highest BCUT2D eigenvalue weighted by molar-refractivity contribution is 7.91. The second-order valence-electron chi connectivity index (χ2n) is 5.40. The first-order valence-corrected chi connectivity index (χ1v) is 8.50. The number of hydrogen-bond acceptors (Lipinski definition) is 3. The minimum atomic E-state index is -2.88. The van der Waals surface area contributed by atoms with Gasteiger partial charge in [0.05, 0.1) is 11.5 Å². The van der Waals surface area contributed by atoms with Crippen LogP contribution in [0.3, 0.4) is 0 Å². The molecule has 5 nitrogen and oxygen atoms in total. The number of hydrogen-bond donors (Lipinski definition) is 2. The molecule has 20 heavy (non-hydrogen) atoms. The van der Waals surface area contributed by atoms with Gasteiger partial charge in [-0.05, 0) is 49.4 Å². The van der Waals surface area contributed by atoms with Gasteiger partial charge in [0.2, 0.25) is 0 Å². The van der Waals surface area contributed by atoms with Crippen molar-refractivity contribution in [2.75, 3.05) is 23.4 Å². The van der Waals surface area contributed by atoms with Crippen LogP contribution in [0, 0.1) is 19.8 Å². The van der Waals surface area contributed by atoms with Gasteiger partial charge < -0.3 is 10.6 Å². The summed E-state index contributed by atoms with van der Waals surface area (Å²) in [5.41, 5.74) is 3.03. The number of carbonyl (C=O) groups excluding carboxylic acids is 1. The number of anilines is 1. The van der Waals surface area contributed by atoms with Gasteiger partial charge in [0, 0.05) is 12.2 Å². The number of rotatable bonds is 3. The van der Waals surface area contributed by atoms with E-state index < -0.39 is 9.84 Å². The predicted molar refractivity (Wildman–Crippen MR) is 79.7 cm³/mol. The van der Waals surface area contributed by atoms with Gasteiger partial charge in [-0.2, -0.15) is 0 Å². The molecule has 6 heteroatoms. The summed E-state index contributed by atoms with van der Waals surface area (Å²) in [6.07, 6.45) is 0.631. The average molecular weight is 296 g/mol. The summed E-state index contributed by atoms with van der Waals surface area (Å²) in [6.45, 7) is 4.40. The van der Waals surface area contributed by atoms with Crippen LogP contribution in [0.25, 0.3) is 0 Å². The highest BCUT2D eigenvalue weighted by Gasteiger charge is 2.27. The Kier molecular flexibility index (Phi) is 4.32. The Morgan fingerprint density at radius 3 is 2.65 bits per heavy atom. The van der Waals surface area contributed by atoms with Crippen LogP contribution in [0.2, 0.25) is 0 Å². The average Bonchev–Trinajstić information content (AvgIpc) is 2.71. The minimum absolute atomic E-state index is 0.0329. The van der Waals surface area contributed by atoms with Crippen molar-refractivity contribution in [2.24, 2.45) is 5.92 Å². The van der Waals surface area contributed by atoms with E-state index in [-0.39, 0.29) is 23.5 Å². The summed E-state index contributed by atoms with van der Waals surface area (Å²) in [7, 11) is -2.88. The zero-order valence-corrected chi connectivity index (χ0v) is 12.6. The predicted octanol–water partition coefficient (Wildman–Crippen LogP) is 1.86. The van der Waals surface area contributed by atoms with Crippen molar-refractivity contribution >= 4 is 21.6 Å². The van der Waals surface area contributed by atoms with Crippen molar-refractivity contribution in [3.05, 3.63) is 29.3 Å². The van der Waals surface area contributed by atoms with E-state index >= 15 is 0 Å². The third kappa shape index (κ3) is 3.96. The summed E-state index contributed by atoms with van der Waals surface area (Å²) in [5, 5.41) is 5.49. The van der Waals surface area contributed by atoms with Crippen molar-refractivity contribution in [1.82, 2.24) is 5.32 Å². The van der Waals surface area contributed by atoms with Crippen LogP contribution in [0.15, 0.2) is 18.2 Å². The Morgan fingerprint density at radius 2 is 2.05 bits per heavy atom. The third-order valence-corrected chi connectivity index (χ3v) is 5.48. The van der Waals surface area contributed by atoms with E-state index in [4.69, 9.17) is 0 Å². The van der Waals surface area contributed by atoms with E-state index in [1.165, 1.54) is 5.56 Å². The van der Waals surface area contributed by atoms with Crippen molar-refractivity contribution in [3.8, 4) is 0 Å². The maximum absolute atomic E-state index is 11.8. The van der Waals surface area contributed by atoms with Gasteiger partial charge in [-0.3, -0.25) is 0 Å². The molecule has 0 aliphatic carbocycles. The quantitative estimate of drug-likeness (QED) is 0.894. The van der Waals surface area contributed by atoms with Crippen LogP contribution in [0.5, 0.6) is 0 Å². The lowest BCUT2D eigenvalue weighted by Gasteiger charge is -2.11. The van der Waals surface area contributed by atoms with Crippen LogP contribution in [-0.4, -0.2) is 32.5 Å². The Morgan fingerprint density at radius 1 is 1.30 bits per heavy atom. The SMILES string of the molecule is Cc1ccc(NC(=O)NCC2CCS(=O)(=O)C2)cc1C. The van der Waals surface area contributed by atoms with E-state index in [1.807, 2.05) is 32.0 Å². The van der Waals surface area contributed by atoms with Crippen LogP contribution >= 0.6 is 0 Å². The molecule has 0 bridgehead atoms. The lowest BCUT2D eigenvalue weighted by molar-refractivity contribution is 0.250. The summed E-state index contributed by atoms with van der Waals surface area (Å²) in [4.78, 5) is 11.8. The highest BCUT2D eigenvalue weighted by Crippen LogP contribution is 2.17. The first-order valence-electron chi connectivity index (χ1n) is 6.68. The monoisotopic (exact) mass is 296 g/mol. The van der Waals surface area contributed by atoms with Crippen molar-refractivity contribution < 1.29 is 13.2 Å². The zero-order chi connectivity index (χ0) is 14.8. The van der Waals surface area contributed by atoms with Gasteiger partial charge in [-0.25, -0.2) is 13.2 Å². The largest absolute Gasteiger partial charge is 0.338 e. The molecule has 110 valence electrons. The summed E-state index contributed by atoms with van der Waals surface area (Å²) in [5.74, 6) is 0.445. The number of urea groups is 1. The molecule has 1 aromatic rings. The number of amides is 2. The Balaban J connectivity index is 1.82. The van der Waals surface area contributed by atoms with Gasteiger partial charge in [-0.1, -0.05) is 6.07 Å². The molecular formula is C14H20N2O3S. The van der Waals surface area contributed by atoms with E-state index in [0.717, 1.165) is 11.3 Å². The molecule has 1 fully saturated rings. The smallest absolute Gasteiger partial charge is 0.319 e. The molecule has 1 aliphatic heterocycles. The molecule has 0 aromatic heterocycles. The molecule has 1 unspecified atom stereocenters. The molecule has 0 spiro atoms. The number of sulfone groups is 1. The highest BCUT2D eigenvalue weighted by atomic mass is 32.2. The molecule has 1 saturated heterocycles. The van der Waals surface area contributed by atoms with Crippen LogP contribution < -0.4 is 10.6 Å². The standard InChI is InChI=1S/C14H20N2O3S/c1-10-3-4-13(7-11(10)2)16-14(17)15-8-12-5-6-20(18,19)9-12/h3-4,7,12H,5-6,8-9H2,1-2H3,(H2,15,16,17). The van der Waals surface area contributed by atoms with E-state index in [0.29, 0.717) is 13.0 Å². The third-order valence-electron chi connectivity index (χ3n) is 3.64. The fourth-order valence-electron chi connectivity index (χ4n) is 2.26. The molecular weight excluding hydrogens is 276 g/mol. The lowest BCUT2D eigenvalue weighted by atomic mass is 10.1. The first kappa shape index (κ1) is 14.8. The maximum Gasteiger partial charge on any atom is 0.319 e. The number of benzene rings is 1. The van der Waals surface area contributed by atoms with E-state index in [2.05, 4.69) is 10.6 Å². The maximum atomic E-state index is 11.8. The molecule has 1 aromatic carbocycles. The van der Waals surface area contributed by atoms with Crippen molar-refractivity contribution in [2.45, 2.75) is 20.3 Å². The van der Waals surface area contributed by atoms with Gasteiger partial charge in [0.25, 0.3) is 0 Å². The van der Waals surface area contributed by atoms with Crippen molar-refractivity contribution in [3.63, 3.8) is 0 Å². The Bertz CT molecular complexity index is 611. The normalized spacial score (nSPS) is 20.6. The Labute approximate surface area is 119 Å². The summed E-state index contributed by atoms with van der Waals surface area (Å²) in [6, 6.07) is 5.42. The topological polar surface area (TPSA) is 75.3 Å². The van der Waals surface area contributed by atoms with Gasteiger partial charge >= 0.3 is 6.03 Å². The number of aryl methyl sites for hydroxylation is 2. The second-order valence-corrected chi connectivity index (χ2v) is 7.63. The fourth-order valence-corrected chi connectivity index (χ4v) is 4.13. The van der Waals surface area contributed by atoms with Crippen LogP contribution in [0.1, 0.15) is 17.5 Å². The molecule has 2 N–H and O–H groups in total. The molecule has 2 rings (SSSR count). The van der Waals surface area contributed by atoms with E-state index in [1.54, 1.807) is 0 Å². The van der Waals surface area contributed by atoms with Gasteiger partial charge in [-0.15, -0.1) is 0 Å². The zero-order valence-electron chi connectivity index (χ0n) is 11.8.